The van der Waals surface area contributed by atoms with Crippen LogP contribution in [-0.2, 0) is 6.54 Å². The van der Waals surface area contributed by atoms with Gasteiger partial charge in [0.05, 0.1) is 5.56 Å². The molecule has 1 aromatic heterocycles. The quantitative estimate of drug-likeness (QED) is 0.847. The molecule has 1 aliphatic carbocycles. The summed E-state index contributed by atoms with van der Waals surface area (Å²) in [6.45, 7) is 6.64. The van der Waals surface area contributed by atoms with Crippen LogP contribution >= 0.6 is 11.3 Å². The van der Waals surface area contributed by atoms with E-state index in [4.69, 9.17) is 5.26 Å². The molecule has 0 radical (unpaired) electrons. The number of thiophene rings is 1. The smallest absolute Gasteiger partial charge is 0.100 e. The first kappa shape index (κ1) is 10.7. The van der Waals surface area contributed by atoms with Gasteiger partial charge in [0.1, 0.15) is 6.07 Å². The van der Waals surface area contributed by atoms with E-state index in [1.54, 1.807) is 11.3 Å². The maximum atomic E-state index is 8.68. The number of rotatable bonds is 4. The third kappa shape index (κ3) is 2.58. The highest BCUT2D eigenvalue weighted by atomic mass is 32.1. The van der Waals surface area contributed by atoms with Gasteiger partial charge >= 0.3 is 0 Å². The minimum Gasteiger partial charge on any atom is -0.312 e. The SMILES string of the molecule is CC1(C)CC1CNCc1cc(C#N)cs1. The Morgan fingerprint density at radius 2 is 2.40 bits per heavy atom. The minimum atomic E-state index is 0.556. The Hall–Kier alpha value is -0.850. The Balaban J connectivity index is 1.73. The molecular weight excluding hydrogens is 204 g/mol. The van der Waals surface area contributed by atoms with E-state index in [2.05, 4.69) is 25.2 Å². The zero-order chi connectivity index (χ0) is 10.9. The fraction of sp³-hybridized carbons (Fsp3) is 0.583. The summed E-state index contributed by atoms with van der Waals surface area (Å²) in [5.74, 6) is 0.841. The van der Waals surface area contributed by atoms with Gasteiger partial charge in [-0.2, -0.15) is 5.26 Å². The van der Waals surface area contributed by atoms with E-state index < -0.39 is 0 Å². The van der Waals surface area contributed by atoms with Crippen molar-refractivity contribution >= 4 is 11.3 Å². The lowest BCUT2D eigenvalue weighted by atomic mass is 10.1. The Morgan fingerprint density at radius 1 is 1.67 bits per heavy atom. The van der Waals surface area contributed by atoms with Gasteiger partial charge in [-0.25, -0.2) is 0 Å². The molecule has 1 aromatic rings. The predicted molar refractivity (Wildman–Crippen MR) is 62.6 cm³/mol. The molecule has 1 fully saturated rings. The number of nitrogens with zero attached hydrogens (tertiary/aromatic N) is 1. The molecular formula is C12H16N2S. The summed E-state index contributed by atoms with van der Waals surface area (Å²) < 4.78 is 0. The van der Waals surface area contributed by atoms with E-state index >= 15 is 0 Å². The Morgan fingerprint density at radius 3 is 2.93 bits per heavy atom. The first-order chi connectivity index (χ1) is 7.12. The van der Waals surface area contributed by atoms with Crippen LogP contribution in [0.5, 0.6) is 0 Å². The summed E-state index contributed by atoms with van der Waals surface area (Å²) in [5, 5.41) is 14.1. The molecule has 0 amide bonds. The van der Waals surface area contributed by atoms with E-state index in [-0.39, 0.29) is 0 Å². The molecule has 15 heavy (non-hydrogen) atoms. The summed E-state index contributed by atoms with van der Waals surface area (Å²) in [7, 11) is 0. The third-order valence-electron chi connectivity index (χ3n) is 3.19. The standard InChI is InChI=1S/C12H16N2S/c1-12(2)4-10(12)6-14-7-11-3-9(5-13)8-15-11/h3,8,10,14H,4,6-7H2,1-2H3. The van der Waals surface area contributed by atoms with E-state index in [0.717, 1.165) is 24.6 Å². The highest BCUT2D eigenvalue weighted by Gasteiger charge is 2.44. The van der Waals surface area contributed by atoms with Gasteiger partial charge in [-0.3, -0.25) is 0 Å². The molecule has 0 aliphatic heterocycles. The van der Waals surface area contributed by atoms with Gasteiger partial charge in [0, 0.05) is 16.8 Å². The molecule has 0 spiro atoms. The summed E-state index contributed by atoms with van der Waals surface area (Å²) in [4.78, 5) is 1.25. The highest BCUT2D eigenvalue weighted by molar-refractivity contribution is 7.10. The maximum Gasteiger partial charge on any atom is 0.100 e. The highest BCUT2D eigenvalue weighted by Crippen LogP contribution is 2.50. The van der Waals surface area contributed by atoms with Crippen LogP contribution in [0.1, 0.15) is 30.7 Å². The number of hydrogen-bond donors (Lipinski definition) is 1. The lowest BCUT2D eigenvalue weighted by Gasteiger charge is -2.04. The zero-order valence-corrected chi connectivity index (χ0v) is 10.0. The van der Waals surface area contributed by atoms with Gasteiger partial charge in [-0.1, -0.05) is 13.8 Å². The van der Waals surface area contributed by atoms with Crippen molar-refractivity contribution in [3.05, 3.63) is 21.9 Å². The first-order valence-electron chi connectivity index (χ1n) is 5.30. The van der Waals surface area contributed by atoms with E-state index in [9.17, 15) is 0 Å². The molecule has 1 unspecified atom stereocenters. The Labute approximate surface area is 94.9 Å². The van der Waals surface area contributed by atoms with Crippen molar-refractivity contribution in [1.29, 1.82) is 5.26 Å². The average molecular weight is 220 g/mol. The molecule has 0 aromatic carbocycles. The van der Waals surface area contributed by atoms with Crippen molar-refractivity contribution in [2.75, 3.05) is 6.54 Å². The molecule has 1 N–H and O–H groups in total. The number of hydrogen-bond acceptors (Lipinski definition) is 3. The molecule has 0 saturated heterocycles. The Kier molecular flexibility index (Phi) is 2.81. The molecule has 2 nitrogen and oxygen atoms in total. The van der Waals surface area contributed by atoms with Crippen molar-refractivity contribution in [3.63, 3.8) is 0 Å². The van der Waals surface area contributed by atoms with Gasteiger partial charge in [-0.05, 0) is 30.4 Å². The van der Waals surface area contributed by atoms with Crippen LogP contribution in [-0.4, -0.2) is 6.54 Å². The van der Waals surface area contributed by atoms with E-state index in [0.29, 0.717) is 5.41 Å². The normalized spacial score (nSPS) is 22.3. The first-order valence-corrected chi connectivity index (χ1v) is 6.18. The van der Waals surface area contributed by atoms with Gasteiger partial charge < -0.3 is 5.32 Å². The zero-order valence-electron chi connectivity index (χ0n) is 9.21. The van der Waals surface area contributed by atoms with Crippen LogP contribution in [0.15, 0.2) is 11.4 Å². The second kappa shape index (κ2) is 3.96. The second-order valence-corrected chi connectivity index (χ2v) is 5.93. The summed E-state index contributed by atoms with van der Waals surface area (Å²) in [6, 6.07) is 4.12. The second-order valence-electron chi connectivity index (χ2n) is 4.93. The average Bonchev–Trinajstić information content (AvgIpc) is 2.65. The summed E-state index contributed by atoms with van der Waals surface area (Å²) in [5.41, 5.74) is 1.34. The largest absolute Gasteiger partial charge is 0.312 e. The van der Waals surface area contributed by atoms with Crippen molar-refractivity contribution in [1.82, 2.24) is 5.32 Å². The van der Waals surface area contributed by atoms with Crippen molar-refractivity contribution < 1.29 is 0 Å². The monoisotopic (exact) mass is 220 g/mol. The molecule has 80 valence electrons. The predicted octanol–water partition coefficient (Wildman–Crippen LogP) is 2.76. The molecule has 1 aliphatic rings. The lowest BCUT2D eigenvalue weighted by Crippen LogP contribution is -2.17. The number of nitrogens with one attached hydrogen (secondary N) is 1. The molecule has 1 atom stereocenters. The molecule has 2 rings (SSSR count). The van der Waals surface area contributed by atoms with Gasteiger partial charge in [0.15, 0.2) is 0 Å². The number of nitriles is 1. The molecule has 1 heterocycles. The van der Waals surface area contributed by atoms with Gasteiger partial charge in [-0.15, -0.1) is 11.3 Å². The fourth-order valence-electron chi connectivity index (χ4n) is 1.83. The summed E-state index contributed by atoms with van der Waals surface area (Å²) >= 11 is 1.66. The van der Waals surface area contributed by atoms with Crippen molar-refractivity contribution in [2.45, 2.75) is 26.8 Å². The van der Waals surface area contributed by atoms with Gasteiger partial charge in [0.2, 0.25) is 0 Å². The van der Waals surface area contributed by atoms with E-state index in [1.165, 1.54) is 11.3 Å². The third-order valence-corrected chi connectivity index (χ3v) is 4.13. The van der Waals surface area contributed by atoms with Crippen molar-refractivity contribution in [2.24, 2.45) is 11.3 Å². The maximum absolute atomic E-state index is 8.68. The van der Waals surface area contributed by atoms with Crippen LogP contribution in [0, 0.1) is 22.7 Å². The van der Waals surface area contributed by atoms with Crippen LogP contribution in [0.3, 0.4) is 0 Å². The van der Waals surface area contributed by atoms with Crippen LogP contribution < -0.4 is 5.32 Å². The van der Waals surface area contributed by atoms with Crippen LogP contribution in [0.25, 0.3) is 0 Å². The van der Waals surface area contributed by atoms with Crippen molar-refractivity contribution in [3.8, 4) is 6.07 Å². The summed E-state index contributed by atoms with van der Waals surface area (Å²) in [6.07, 6.45) is 1.34. The van der Waals surface area contributed by atoms with E-state index in [1.807, 2.05) is 11.4 Å². The molecule has 1 saturated carbocycles. The minimum absolute atomic E-state index is 0.556. The Bertz CT molecular complexity index is 387. The van der Waals surface area contributed by atoms with Crippen LogP contribution in [0.4, 0.5) is 0 Å². The van der Waals surface area contributed by atoms with Crippen LogP contribution in [0.2, 0.25) is 0 Å². The lowest BCUT2D eigenvalue weighted by molar-refractivity contribution is 0.521. The topological polar surface area (TPSA) is 35.8 Å². The molecule has 3 heteroatoms. The fourth-order valence-corrected chi connectivity index (χ4v) is 2.61. The molecule has 0 bridgehead atoms. The van der Waals surface area contributed by atoms with Gasteiger partial charge in [0.25, 0.3) is 0 Å².